The average molecular weight is 531 g/mol. The van der Waals surface area contributed by atoms with Gasteiger partial charge in [-0.3, -0.25) is 19.6 Å². The molecule has 0 bridgehead atoms. The number of rotatable bonds is 7. The molecule has 2 heterocycles. The van der Waals surface area contributed by atoms with Gasteiger partial charge in [-0.1, -0.05) is 35.9 Å². The van der Waals surface area contributed by atoms with E-state index in [2.05, 4.69) is 10.4 Å². The molecule has 0 unspecified atom stereocenters. The summed E-state index contributed by atoms with van der Waals surface area (Å²) < 4.78 is 6.51. The Morgan fingerprint density at radius 2 is 1.74 bits per heavy atom. The second kappa shape index (κ2) is 10.2. The van der Waals surface area contributed by atoms with Gasteiger partial charge in [0.2, 0.25) is 0 Å². The second-order valence-corrected chi connectivity index (χ2v) is 8.86. The van der Waals surface area contributed by atoms with Gasteiger partial charge in [0, 0.05) is 32.8 Å². The fraction of sp³-hybridized carbons (Fsp3) is 0.0741. The van der Waals surface area contributed by atoms with Gasteiger partial charge in [-0.25, -0.2) is 9.48 Å². The van der Waals surface area contributed by atoms with E-state index in [1.165, 1.54) is 30.0 Å². The van der Waals surface area contributed by atoms with Gasteiger partial charge in [0.05, 0.1) is 30.6 Å². The van der Waals surface area contributed by atoms with Crippen molar-refractivity contribution in [3.05, 3.63) is 110 Å². The van der Waals surface area contributed by atoms with E-state index < -0.39 is 17.5 Å². The fourth-order valence-corrected chi connectivity index (χ4v) is 4.22. The van der Waals surface area contributed by atoms with Crippen molar-refractivity contribution in [3.8, 4) is 22.7 Å². The zero-order chi connectivity index (χ0) is 26.8. The van der Waals surface area contributed by atoms with E-state index in [0.29, 0.717) is 39.0 Å². The molecule has 38 heavy (non-hydrogen) atoms. The predicted molar refractivity (Wildman–Crippen MR) is 141 cm³/mol. The smallest absolute Gasteiger partial charge is 0.329 e. The average Bonchev–Trinajstić information content (AvgIpc) is 3.40. The molecule has 0 saturated carbocycles. The highest BCUT2D eigenvalue weighted by Gasteiger charge is 2.34. The summed E-state index contributed by atoms with van der Waals surface area (Å²) in [5.74, 6) is 0.0303. The maximum Gasteiger partial charge on any atom is 0.329 e. The van der Waals surface area contributed by atoms with Gasteiger partial charge in [0.15, 0.2) is 0 Å². The lowest BCUT2D eigenvalue weighted by molar-refractivity contribution is -0.379. The van der Waals surface area contributed by atoms with Crippen molar-refractivity contribution in [1.29, 1.82) is 0 Å². The Morgan fingerprint density at radius 1 is 1.00 bits per heavy atom. The first-order valence-corrected chi connectivity index (χ1v) is 11.8. The van der Waals surface area contributed by atoms with Crippen LogP contribution in [0.15, 0.2) is 83.3 Å². The van der Waals surface area contributed by atoms with Crippen molar-refractivity contribution in [1.82, 2.24) is 20.0 Å². The summed E-state index contributed by atoms with van der Waals surface area (Å²) in [6, 6.07) is 19.5. The summed E-state index contributed by atoms with van der Waals surface area (Å²) in [5.41, 5.74) is 2.22. The van der Waals surface area contributed by atoms with Crippen molar-refractivity contribution in [2.24, 2.45) is 0 Å². The van der Waals surface area contributed by atoms with Crippen LogP contribution in [-0.4, -0.2) is 33.7 Å². The molecule has 0 aliphatic carbocycles. The number of amides is 3. The first kappa shape index (κ1) is 24.7. The van der Waals surface area contributed by atoms with Gasteiger partial charge in [-0.15, -0.1) is 0 Å². The summed E-state index contributed by atoms with van der Waals surface area (Å²) in [5, 5.41) is 7.95. The highest BCUT2D eigenvalue weighted by atomic mass is 35.5. The minimum absolute atomic E-state index is 0.0285. The van der Waals surface area contributed by atoms with E-state index in [1.807, 2.05) is 0 Å². The third kappa shape index (κ3) is 4.72. The molecule has 5 rings (SSSR count). The van der Waals surface area contributed by atoms with E-state index in [1.54, 1.807) is 65.8 Å². The SMILES string of the molecule is COc1cccc(CN2C(=O)N/C(=C\c3c(-c4ccc(Cl)cc4)[nH]n(-c4ccc([NH+]=O)cc4)c3=O)C2=O)c1. The van der Waals surface area contributed by atoms with Crippen LogP contribution in [0.3, 0.4) is 0 Å². The Kier molecular flexibility index (Phi) is 6.63. The Labute approximate surface area is 221 Å². The molecule has 3 aromatic carbocycles. The van der Waals surface area contributed by atoms with Gasteiger partial charge in [0.25, 0.3) is 17.2 Å². The lowest BCUT2D eigenvalue weighted by atomic mass is 10.1. The number of halogens is 1. The monoisotopic (exact) mass is 530 g/mol. The summed E-state index contributed by atoms with van der Waals surface area (Å²) in [6.45, 7) is 0.0285. The number of ether oxygens (including phenoxy) is 1. The molecular formula is C27H21ClN5O5+. The van der Waals surface area contributed by atoms with Crippen LogP contribution in [0, 0.1) is 4.91 Å². The van der Waals surface area contributed by atoms with E-state index >= 15 is 0 Å². The number of benzene rings is 3. The molecule has 11 heteroatoms. The summed E-state index contributed by atoms with van der Waals surface area (Å²) >= 11 is 6.05. The van der Waals surface area contributed by atoms with Crippen LogP contribution in [0.1, 0.15) is 11.1 Å². The lowest BCUT2D eigenvalue weighted by Crippen LogP contribution is -2.55. The number of hydrogen-bond acceptors (Lipinski definition) is 5. The fourth-order valence-electron chi connectivity index (χ4n) is 4.09. The molecule has 1 fully saturated rings. The summed E-state index contributed by atoms with van der Waals surface area (Å²) in [6.07, 6.45) is 1.36. The van der Waals surface area contributed by atoms with Crippen LogP contribution >= 0.6 is 11.6 Å². The van der Waals surface area contributed by atoms with Gasteiger partial charge in [-0.2, -0.15) is 0 Å². The summed E-state index contributed by atoms with van der Waals surface area (Å²) in [7, 11) is 1.53. The number of imide groups is 1. The maximum absolute atomic E-state index is 13.5. The second-order valence-electron chi connectivity index (χ2n) is 8.43. The Morgan fingerprint density at radius 3 is 2.42 bits per heavy atom. The molecule has 0 spiro atoms. The van der Waals surface area contributed by atoms with Crippen LogP contribution in [0.2, 0.25) is 5.02 Å². The predicted octanol–water partition coefficient (Wildman–Crippen LogP) is 3.07. The topological polar surface area (TPSA) is 127 Å². The summed E-state index contributed by atoms with van der Waals surface area (Å²) in [4.78, 5) is 51.4. The number of nitroso groups, excluding NO2 is 1. The normalized spacial score (nSPS) is 14.2. The lowest BCUT2D eigenvalue weighted by Gasteiger charge is -2.12. The number of methoxy groups -OCH3 is 1. The van der Waals surface area contributed by atoms with Gasteiger partial charge < -0.3 is 10.1 Å². The van der Waals surface area contributed by atoms with Crippen LogP contribution in [0.25, 0.3) is 23.0 Å². The van der Waals surface area contributed by atoms with E-state index in [9.17, 15) is 19.3 Å². The van der Waals surface area contributed by atoms with Crippen molar-refractivity contribution in [3.63, 3.8) is 0 Å². The number of nitrogens with zero attached hydrogens (tertiary/aromatic N) is 2. The van der Waals surface area contributed by atoms with E-state index in [4.69, 9.17) is 16.3 Å². The third-order valence-electron chi connectivity index (χ3n) is 6.03. The van der Waals surface area contributed by atoms with Crippen molar-refractivity contribution < 1.29 is 19.5 Å². The number of carbonyl (C=O) groups is 2. The molecule has 10 nitrogen and oxygen atoms in total. The number of carbonyl (C=O) groups excluding carboxylic acids is 2. The van der Waals surface area contributed by atoms with E-state index in [0.717, 1.165) is 4.90 Å². The molecular weight excluding hydrogens is 510 g/mol. The largest absolute Gasteiger partial charge is 0.497 e. The third-order valence-corrected chi connectivity index (χ3v) is 6.28. The molecule has 3 N–H and O–H groups in total. The standard InChI is InChI=1S/C27H20ClN5O5/c1-38-21-4-2-3-16(13-21)15-32-26(35)23(29-27(32)36)14-22-24(17-5-7-18(28)8-6-17)30-33(25(22)34)20-11-9-19(31-37)10-12-20/h2-14,30H,15H2,1H3,(H,29,36)/p+1/b23-14-. The van der Waals surface area contributed by atoms with Gasteiger partial charge >= 0.3 is 6.03 Å². The Hall–Kier alpha value is -4.96. The van der Waals surface area contributed by atoms with Crippen molar-refractivity contribution in [2.75, 3.05) is 7.11 Å². The minimum Gasteiger partial charge on any atom is -0.497 e. The maximum atomic E-state index is 13.5. The quantitative estimate of drug-likeness (QED) is 0.250. The molecule has 1 aliphatic heterocycles. The minimum atomic E-state index is -0.603. The van der Waals surface area contributed by atoms with Gasteiger partial charge in [-0.05, 0) is 48.0 Å². The molecule has 1 aromatic heterocycles. The van der Waals surface area contributed by atoms with Crippen molar-refractivity contribution in [2.45, 2.75) is 6.54 Å². The van der Waals surface area contributed by atoms with Crippen molar-refractivity contribution >= 4 is 35.3 Å². The highest BCUT2D eigenvalue weighted by Crippen LogP contribution is 2.26. The van der Waals surface area contributed by atoms with Crippen LogP contribution < -0.4 is 20.8 Å². The molecule has 1 saturated heterocycles. The molecule has 4 aromatic rings. The first-order chi connectivity index (χ1) is 18.4. The number of nitrogens with one attached hydrogen (secondary N) is 3. The molecule has 190 valence electrons. The zero-order valence-corrected chi connectivity index (χ0v) is 20.8. The number of H-pyrrole nitrogens is 1. The Balaban J connectivity index is 1.55. The van der Waals surface area contributed by atoms with Crippen LogP contribution in [0.4, 0.5) is 10.5 Å². The Bertz CT molecular complexity index is 1640. The number of urea groups is 1. The zero-order valence-electron chi connectivity index (χ0n) is 20.0. The first-order valence-electron chi connectivity index (χ1n) is 11.4. The highest BCUT2D eigenvalue weighted by molar-refractivity contribution is 6.30. The molecule has 0 atom stereocenters. The van der Waals surface area contributed by atoms with Gasteiger partial charge in [0.1, 0.15) is 11.4 Å². The van der Waals surface area contributed by atoms with Crippen LogP contribution in [0.5, 0.6) is 5.75 Å². The molecule has 0 radical (unpaired) electrons. The number of aromatic amines is 1. The molecule has 1 aliphatic rings. The molecule has 3 amide bonds. The van der Waals surface area contributed by atoms with Crippen LogP contribution in [-0.2, 0) is 11.3 Å². The van der Waals surface area contributed by atoms with E-state index in [-0.39, 0.29) is 17.8 Å². The number of aromatic nitrogens is 2. The number of hydrogen-bond donors (Lipinski definition) is 3.